The lowest BCUT2D eigenvalue weighted by molar-refractivity contribution is 0.579. The predicted octanol–water partition coefficient (Wildman–Crippen LogP) is 2.26. The Morgan fingerprint density at radius 1 is 1.56 bits per heavy atom. The molecule has 16 heavy (non-hydrogen) atoms. The van der Waals surface area contributed by atoms with Crippen LogP contribution in [0.4, 0.5) is 0 Å². The number of imidazole rings is 1. The Kier molecular flexibility index (Phi) is 3.10. The smallest absolute Gasteiger partial charge is 0.154 e. The zero-order valence-corrected chi connectivity index (χ0v) is 9.66. The molecule has 0 aliphatic carbocycles. The average Bonchev–Trinajstić information content (AvgIpc) is 2.83. The van der Waals surface area contributed by atoms with Gasteiger partial charge in [0.2, 0.25) is 0 Å². The van der Waals surface area contributed by atoms with Crippen LogP contribution in [-0.2, 0) is 6.42 Å². The van der Waals surface area contributed by atoms with E-state index in [9.17, 15) is 0 Å². The Bertz CT molecular complexity index is 443. The molecule has 86 valence electrons. The zero-order chi connectivity index (χ0) is 11.5. The van der Waals surface area contributed by atoms with Crippen LogP contribution < -0.4 is 5.73 Å². The molecule has 4 nitrogen and oxygen atoms in total. The number of hydrogen-bond acceptors (Lipinski definition) is 3. The third kappa shape index (κ3) is 2.33. The molecule has 0 radical (unpaired) electrons. The lowest BCUT2D eigenvalue weighted by Gasteiger charge is -2.00. The zero-order valence-electron chi connectivity index (χ0n) is 9.66. The maximum absolute atomic E-state index is 5.72. The van der Waals surface area contributed by atoms with E-state index in [1.807, 2.05) is 26.0 Å². The molecule has 2 heterocycles. The van der Waals surface area contributed by atoms with Gasteiger partial charge in [-0.3, -0.25) is 0 Å². The van der Waals surface area contributed by atoms with Gasteiger partial charge >= 0.3 is 0 Å². The van der Waals surface area contributed by atoms with E-state index in [4.69, 9.17) is 10.2 Å². The molecule has 2 rings (SSSR count). The molecule has 0 spiro atoms. The normalized spacial score (nSPS) is 12.9. The maximum Gasteiger partial charge on any atom is 0.154 e. The van der Waals surface area contributed by atoms with Gasteiger partial charge in [0.15, 0.2) is 5.76 Å². The molecule has 2 aromatic heterocycles. The number of H-pyrrole nitrogens is 1. The third-order valence-corrected chi connectivity index (χ3v) is 2.52. The molecular formula is C12H17N3O. The first-order chi connectivity index (χ1) is 7.66. The molecule has 0 aromatic carbocycles. The summed E-state index contributed by atoms with van der Waals surface area (Å²) in [5.74, 6) is 1.78. The van der Waals surface area contributed by atoms with Crippen molar-refractivity contribution in [3.05, 3.63) is 29.9 Å². The van der Waals surface area contributed by atoms with Gasteiger partial charge in [-0.15, -0.1) is 0 Å². The van der Waals surface area contributed by atoms with Gasteiger partial charge in [-0.2, -0.15) is 0 Å². The highest BCUT2D eigenvalue weighted by atomic mass is 16.3. The minimum atomic E-state index is 0.206. The molecule has 0 aliphatic heterocycles. The Morgan fingerprint density at radius 2 is 2.38 bits per heavy atom. The Hall–Kier alpha value is -1.55. The molecule has 0 bridgehead atoms. The van der Waals surface area contributed by atoms with Gasteiger partial charge in [0.1, 0.15) is 11.5 Å². The van der Waals surface area contributed by atoms with Crippen molar-refractivity contribution in [2.45, 2.75) is 32.7 Å². The number of hydrogen-bond donors (Lipinski definition) is 2. The summed E-state index contributed by atoms with van der Waals surface area (Å²) >= 11 is 0. The van der Waals surface area contributed by atoms with Crippen LogP contribution in [0, 0.1) is 6.92 Å². The number of aromatic amines is 1. The number of aromatic nitrogens is 2. The van der Waals surface area contributed by atoms with Crippen LogP contribution in [0.5, 0.6) is 0 Å². The molecule has 0 aliphatic rings. The van der Waals surface area contributed by atoms with E-state index in [-0.39, 0.29) is 6.04 Å². The van der Waals surface area contributed by atoms with Crippen LogP contribution in [0.3, 0.4) is 0 Å². The average molecular weight is 219 g/mol. The lowest BCUT2D eigenvalue weighted by atomic mass is 10.2. The van der Waals surface area contributed by atoms with Gasteiger partial charge in [0.25, 0.3) is 0 Å². The standard InChI is InChI=1S/C12H17N3O/c1-8(13)5-6-11-14-9(2)12(15-11)10-4-3-7-16-10/h3-4,7-8H,5-6,13H2,1-2H3,(H,14,15). The third-order valence-electron chi connectivity index (χ3n) is 2.52. The summed E-state index contributed by atoms with van der Waals surface area (Å²) in [5, 5.41) is 0. The minimum Gasteiger partial charge on any atom is -0.463 e. The van der Waals surface area contributed by atoms with Crippen molar-refractivity contribution in [1.29, 1.82) is 0 Å². The minimum absolute atomic E-state index is 0.206. The summed E-state index contributed by atoms with van der Waals surface area (Å²) < 4.78 is 5.33. The number of nitrogens with two attached hydrogens (primary N) is 1. The van der Waals surface area contributed by atoms with Crippen LogP contribution in [0.1, 0.15) is 24.9 Å². The highest BCUT2D eigenvalue weighted by molar-refractivity contribution is 5.55. The second-order valence-corrected chi connectivity index (χ2v) is 4.15. The number of aryl methyl sites for hydroxylation is 2. The molecule has 0 saturated carbocycles. The fourth-order valence-corrected chi connectivity index (χ4v) is 1.66. The fourth-order valence-electron chi connectivity index (χ4n) is 1.66. The van der Waals surface area contributed by atoms with Crippen LogP contribution >= 0.6 is 0 Å². The number of nitrogens with zero attached hydrogens (tertiary/aromatic N) is 1. The summed E-state index contributed by atoms with van der Waals surface area (Å²) in [6.45, 7) is 4.00. The lowest BCUT2D eigenvalue weighted by Crippen LogP contribution is -2.15. The van der Waals surface area contributed by atoms with E-state index in [0.29, 0.717) is 0 Å². The van der Waals surface area contributed by atoms with Gasteiger partial charge in [0.05, 0.1) is 6.26 Å². The Balaban J connectivity index is 2.16. The van der Waals surface area contributed by atoms with Crippen molar-refractivity contribution in [2.24, 2.45) is 5.73 Å². The first kappa shape index (κ1) is 11.0. The number of rotatable bonds is 4. The monoisotopic (exact) mass is 219 g/mol. The van der Waals surface area contributed by atoms with E-state index in [0.717, 1.165) is 35.8 Å². The predicted molar refractivity (Wildman–Crippen MR) is 63.0 cm³/mol. The Labute approximate surface area is 94.9 Å². The van der Waals surface area contributed by atoms with Gasteiger partial charge in [-0.05, 0) is 32.4 Å². The van der Waals surface area contributed by atoms with Crippen LogP contribution in [0.15, 0.2) is 22.8 Å². The van der Waals surface area contributed by atoms with Gasteiger partial charge in [0, 0.05) is 18.2 Å². The van der Waals surface area contributed by atoms with Crippen molar-refractivity contribution in [3.8, 4) is 11.5 Å². The van der Waals surface area contributed by atoms with E-state index in [1.165, 1.54) is 0 Å². The largest absolute Gasteiger partial charge is 0.463 e. The first-order valence-corrected chi connectivity index (χ1v) is 5.51. The fraction of sp³-hybridized carbons (Fsp3) is 0.417. The van der Waals surface area contributed by atoms with Crippen LogP contribution in [0.2, 0.25) is 0 Å². The van der Waals surface area contributed by atoms with Crippen molar-refractivity contribution < 1.29 is 4.42 Å². The maximum atomic E-state index is 5.72. The van der Waals surface area contributed by atoms with E-state index in [2.05, 4.69) is 9.97 Å². The molecule has 0 fully saturated rings. The quantitative estimate of drug-likeness (QED) is 0.828. The van der Waals surface area contributed by atoms with Crippen LogP contribution in [0.25, 0.3) is 11.5 Å². The molecule has 4 heteroatoms. The summed E-state index contributed by atoms with van der Waals surface area (Å²) in [5.41, 5.74) is 7.65. The summed E-state index contributed by atoms with van der Waals surface area (Å²) in [7, 11) is 0. The van der Waals surface area contributed by atoms with E-state index in [1.54, 1.807) is 6.26 Å². The first-order valence-electron chi connectivity index (χ1n) is 5.51. The van der Waals surface area contributed by atoms with Gasteiger partial charge < -0.3 is 15.1 Å². The molecule has 3 N–H and O–H groups in total. The van der Waals surface area contributed by atoms with Crippen molar-refractivity contribution >= 4 is 0 Å². The highest BCUT2D eigenvalue weighted by Crippen LogP contribution is 2.21. The molecule has 2 aromatic rings. The molecule has 0 amide bonds. The molecule has 0 saturated heterocycles. The summed E-state index contributed by atoms with van der Waals surface area (Å²) in [6.07, 6.45) is 3.47. The van der Waals surface area contributed by atoms with Crippen molar-refractivity contribution in [3.63, 3.8) is 0 Å². The van der Waals surface area contributed by atoms with E-state index >= 15 is 0 Å². The second-order valence-electron chi connectivity index (χ2n) is 4.15. The highest BCUT2D eigenvalue weighted by Gasteiger charge is 2.11. The topological polar surface area (TPSA) is 67.8 Å². The number of nitrogens with one attached hydrogen (secondary N) is 1. The summed E-state index contributed by atoms with van der Waals surface area (Å²) in [4.78, 5) is 7.78. The van der Waals surface area contributed by atoms with Crippen molar-refractivity contribution in [1.82, 2.24) is 9.97 Å². The molecule has 1 unspecified atom stereocenters. The number of furan rings is 1. The van der Waals surface area contributed by atoms with Crippen molar-refractivity contribution in [2.75, 3.05) is 0 Å². The second kappa shape index (κ2) is 4.53. The van der Waals surface area contributed by atoms with Gasteiger partial charge in [-0.1, -0.05) is 0 Å². The molecule has 1 atom stereocenters. The van der Waals surface area contributed by atoms with Crippen LogP contribution in [-0.4, -0.2) is 16.0 Å². The molecular weight excluding hydrogens is 202 g/mol. The van der Waals surface area contributed by atoms with E-state index < -0.39 is 0 Å². The SMILES string of the molecule is Cc1[nH]c(CCC(C)N)nc1-c1ccco1. The summed E-state index contributed by atoms with van der Waals surface area (Å²) in [6, 6.07) is 3.99. The van der Waals surface area contributed by atoms with Gasteiger partial charge in [-0.25, -0.2) is 4.98 Å². The Morgan fingerprint density at radius 3 is 3.00 bits per heavy atom.